The minimum absolute atomic E-state index is 0.0708. The molecular weight excluding hydrogens is 398 g/mol. The number of carbonyl (C=O) groups excluding carboxylic acids is 1. The van der Waals surface area contributed by atoms with Crippen molar-refractivity contribution in [2.75, 3.05) is 19.7 Å². The molecule has 2 aliphatic heterocycles. The summed E-state index contributed by atoms with van der Waals surface area (Å²) in [4.78, 5) is 30.1. The Kier molecular flexibility index (Phi) is 5.13. The van der Waals surface area contributed by atoms with Crippen LogP contribution in [0, 0.1) is 5.92 Å². The van der Waals surface area contributed by atoms with E-state index in [1.807, 2.05) is 18.2 Å². The van der Waals surface area contributed by atoms with Crippen LogP contribution >= 0.6 is 11.3 Å². The van der Waals surface area contributed by atoms with E-state index in [2.05, 4.69) is 27.7 Å². The quantitative estimate of drug-likeness (QED) is 0.721. The lowest BCUT2D eigenvalue weighted by Gasteiger charge is -2.47. The summed E-state index contributed by atoms with van der Waals surface area (Å²) in [5.74, 6) is 0.173. The molecule has 158 valence electrons. The second kappa shape index (κ2) is 7.80. The first-order valence-corrected chi connectivity index (χ1v) is 11.5. The van der Waals surface area contributed by atoms with E-state index in [1.165, 1.54) is 4.88 Å². The van der Waals surface area contributed by atoms with Crippen LogP contribution in [0.1, 0.15) is 41.8 Å². The fourth-order valence-corrected chi connectivity index (χ4v) is 6.17. The maximum absolute atomic E-state index is 13.5. The van der Waals surface area contributed by atoms with Gasteiger partial charge in [-0.05, 0) is 36.8 Å². The van der Waals surface area contributed by atoms with Crippen molar-refractivity contribution in [3.63, 3.8) is 0 Å². The lowest BCUT2D eigenvalue weighted by molar-refractivity contribution is -0.130. The highest BCUT2D eigenvalue weighted by molar-refractivity contribution is 7.09. The van der Waals surface area contributed by atoms with Gasteiger partial charge in [0, 0.05) is 48.1 Å². The Morgan fingerprint density at radius 1 is 1.20 bits per heavy atom. The summed E-state index contributed by atoms with van der Waals surface area (Å²) in [6.07, 6.45) is 6.15. The molecule has 1 amide bonds. The topological polar surface area (TPSA) is 74.6 Å². The third kappa shape index (κ3) is 3.45. The number of likely N-dealkylation sites (tertiary alicyclic amines) is 1. The van der Waals surface area contributed by atoms with Gasteiger partial charge < -0.3 is 10.4 Å². The van der Waals surface area contributed by atoms with E-state index in [-0.39, 0.29) is 29.9 Å². The Morgan fingerprint density at radius 3 is 2.77 bits per heavy atom. The van der Waals surface area contributed by atoms with Crippen molar-refractivity contribution in [3.8, 4) is 0 Å². The Labute approximate surface area is 179 Å². The zero-order valence-electron chi connectivity index (χ0n) is 16.9. The highest BCUT2D eigenvalue weighted by Gasteiger charge is 2.45. The molecule has 30 heavy (non-hydrogen) atoms. The largest absolute Gasteiger partial charge is 0.394 e. The molecule has 0 radical (unpaired) electrons. The van der Waals surface area contributed by atoms with Crippen LogP contribution in [0.4, 0.5) is 0 Å². The van der Waals surface area contributed by atoms with Crippen LogP contribution in [0.5, 0.6) is 0 Å². The molecule has 2 N–H and O–H groups in total. The number of nitrogens with zero attached hydrogens (tertiary/aromatic N) is 2. The number of nitrogens with one attached hydrogen (secondary N) is 1. The molecule has 0 spiro atoms. The van der Waals surface area contributed by atoms with Gasteiger partial charge in [0.1, 0.15) is 6.04 Å². The van der Waals surface area contributed by atoms with Gasteiger partial charge in [-0.25, -0.2) is 0 Å². The number of fused-ring (bicyclic) bond motifs is 4. The lowest BCUT2D eigenvalue weighted by Crippen LogP contribution is -2.57. The van der Waals surface area contributed by atoms with Crippen LogP contribution in [0.2, 0.25) is 0 Å². The third-order valence-corrected chi connectivity index (χ3v) is 7.69. The fourth-order valence-electron chi connectivity index (χ4n) is 5.42. The molecular formula is C23H27N3O3S. The van der Waals surface area contributed by atoms with Crippen molar-refractivity contribution >= 4 is 17.2 Å². The van der Waals surface area contributed by atoms with E-state index < -0.39 is 11.6 Å². The highest BCUT2D eigenvalue weighted by atomic mass is 32.1. The predicted molar refractivity (Wildman–Crippen MR) is 117 cm³/mol. The van der Waals surface area contributed by atoms with Gasteiger partial charge in [-0.15, -0.1) is 11.3 Å². The average molecular weight is 426 g/mol. The molecule has 5 rings (SSSR count). The van der Waals surface area contributed by atoms with E-state index in [0.29, 0.717) is 12.8 Å². The van der Waals surface area contributed by atoms with Gasteiger partial charge in [0.25, 0.3) is 5.56 Å². The van der Waals surface area contributed by atoms with Crippen molar-refractivity contribution in [3.05, 3.63) is 68.8 Å². The molecule has 6 nitrogen and oxygen atoms in total. The van der Waals surface area contributed by atoms with Gasteiger partial charge in [0.15, 0.2) is 0 Å². The van der Waals surface area contributed by atoms with Gasteiger partial charge >= 0.3 is 0 Å². The number of aliphatic hydroxyl groups is 1. The average Bonchev–Trinajstić information content (AvgIpc) is 3.41. The Morgan fingerprint density at radius 2 is 2.03 bits per heavy atom. The summed E-state index contributed by atoms with van der Waals surface area (Å²) < 4.78 is 1.73. The minimum atomic E-state index is -0.641. The lowest BCUT2D eigenvalue weighted by atomic mass is 9.77. The normalized spacial score (nSPS) is 27.0. The first-order chi connectivity index (χ1) is 14.6. The molecule has 1 aliphatic carbocycles. The van der Waals surface area contributed by atoms with Crippen molar-refractivity contribution in [1.29, 1.82) is 0 Å². The number of hydrogen-bond acceptors (Lipinski definition) is 5. The first kappa shape index (κ1) is 19.7. The maximum Gasteiger partial charge on any atom is 0.251 e. The summed E-state index contributed by atoms with van der Waals surface area (Å²) in [6.45, 7) is 2.46. The second-order valence-electron chi connectivity index (χ2n) is 8.88. The molecule has 7 heteroatoms. The first-order valence-electron chi connectivity index (χ1n) is 10.6. The summed E-state index contributed by atoms with van der Waals surface area (Å²) in [5, 5.41) is 15.2. The van der Waals surface area contributed by atoms with E-state index in [0.717, 1.165) is 31.7 Å². The fraction of sp³-hybridized carbons (Fsp3) is 0.478. The van der Waals surface area contributed by atoms with Crippen LogP contribution in [-0.4, -0.2) is 45.7 Å². The summed E-state index contributed by atoms with van der Waals surface area (Å²) >= 11 is 1.75. The molecule has 2 aromatic heterocycles. The number of pyridine rings is 1. The number of rotatable bonds is 5. The van der Waals surface area contributed by atoms with Crippen molar-refractivity contribution in [2.24, 2.45) is 5.92 Å². The summed E-state index contributed by atoms with van der Waals surface area (Å²) in [6, 6.07) is 9.02. The van der Waals surface area contributed by atoms with Gasteiger partial charge in [-0.2, -0.15) is 0 Å². The molecule has 2 aromatic rings. The molecule has 4 heterocycles. The Bertz CT molecular complexity index is 1000. The number of aromatic nitrogens is 1. The maximum atomic E-state index is 13.5. The number of thiophene rings is 1. The van der Waals surface area contributed by atoms with Crippen molar-refractivity contribution in [1.82, 2.24) is 14.8 Å². The smallest absolute Gasteiger partial charge is 0.251 e. The number of aliphatic hydroxyl groups excluding tert-OH is 1. The number of amides is 1. The van der Waals surface area contributed by atoms with Crippen LogP contribution in [0.15, 0.2) is 52.7 Å². The molecule has 0 aromatic carbocycles. The number of hydrogen-bond donors (Lipinski definition) is 2. The van der Waals surface area contributed by atoms with E-state index in [1.54, 1.807) is 28.0 Å². The van der Waals surface area contributed by atoms with E-state index >= 15 is 0 Å². The molecule has 0 saturated carbocycles. The predicted octanol–water partition coefficient (Wildman–Crippen LogP) is 2.27. The van der Waals surface area contributed by atoms with Crippen LogP contribution in [0.3, 0.4) is 0 Å². The molecule has 3 aliphatic rings. The Hall–Kier alpha value is -2.22. The van der Waals surface area contributed by atoms with Gasteiger partial charge in [0.05, 0.1) is 12.1 Å². The zero-order chi connectivity index (χ0) is 20.7. The molecule has 1 fully saturated rings. The van der Waals surface area contributed by atoms with Crippen LogP contribution in [0.25, 0.3) is 0 Å². The SMILES string of the molecule is O=C(NC1(CO)CC=CC1)[C@H]1[C@H]2C[C@H](CN(Cc3cccs3)C2)c2cccc(=O)n21. The molecule has 2 bridgehead atoms. The van der Waals surface area contributed by atoms with Gasteiger partial charge in [-0.1, -0.05) is 24.3 Å². The zero-order valence-corrected chi connectivity index (χ0v) is 17.7. The van der Waals surface area contributed by atoms with Crippen LogP contribution < -0.4 is 10.9 Å². The second-order valence-corrected chi connectivity index (χ2v) is 9.91. The summed E-state index contributed by atoms with van der Waals surface area (Å²) in [7, 11) is 0. The monoisotopic (exact) mass is 425 g/mol. The van der Waals surface area contributed by atoms with Crippen molar-refractivity contribution in [2.45, 2.75) is 43.3 Å². The standard InChI is InChI=1S/C23H27N3O3S/c27-15-23(8-1-2-9-23)24-22(29)21-17-11-16(19-6-3-7-20(28)26(19)21)12-25(13-17)14-18-5-4-10-30-18/h1-7,10,16-17,21,27H,8-9,11-15H2,(H,24,29)/t16-,17+,21-/m1/s1. The van der Waals surface area contributed by atoms with Crippen LogP contribution in [-0.2, 0) is 11.3 Å². The number of piperidine rings is 1. The van der Waals surface area contributed by atoms with E-state index in [9.17, 15) is 14.7 Å². The van der Waals surface area contributed by atoms with Gasteiger partial charge in [-0.3, -0.25) is 19.1 Å². The van der Waals surface area contributed by atoms with Crippen molar-refractivity contribution < 1.29 is 9.90 Å². The Balaban J connectivity index is 1.47. The van der Waals surface area contributed by atoms with Gasteiger partial charge in [0.2, 0.25) is 5.91 Å². The molecule has 3 atom stereocenters. The number of carbonyl (C=O) groups is 1. The molecule has 0 unspecified atom stereocenters. The third-order valence-electron chi connectivity index (χ3n) is 6.83. The highest BCUT2D eigenvalue weighted by Crippen LogP contribution is 2.42. The minimum Gasteiger partial charge on any atom is -0.394 e. The van der Waals surface area contributed by atoms with E-state index in [4.69, 9.17) is 0 Å². The summed E-state index contributed by atoms with van der Waals surface area (Å²) in [5.41, 5.74) is 0.201. The molecule has 1 saturated heterocycles.